The molecule has 0 bridgehead atoms. The maximum atomic E-state index is 11.1. The number of aryl methyl sites for hydroxylation is 1. The molecule has 0 aromatic carbocycles. The van der Waals surface area contributed by atoms with Crippen molar-refractivity contribution < 1.29 is 0 Å². The minimum Gasteiger partial charge on any atom is -0.320 e. The second-order valence-electron chi connectivity index (χ2n) is 3.22. The molecular weight excluding hydrogens is 246 g/mol. The van der Waals surface area contributed by atoms with Crippen molar-refractivity contribution in [3.8, 4) is 10.7 Å². The van der Waals surface area contributed by atoms with Crippen molar-refractivity contribution in [1.29, 1.82) is 0 Å². The summed E-state index contributed by atoms with van der Waals surface area (Å²) < 4.78 is 0. The zero-order valence-electron chi connectivity index (χ0n) is 8.44. The number of hydrogen-bond donors (Lipinski definition) is 1. The number of nitrogens with zero attached hydrogens (tertiary/aromatic N) is 2. The summed E-state index contributed by atoms with van der Waals surface area (Å²) in [5.74, 6) is 0.622. The van der Waals surface area contributed by atoms with Crippen molar-refractivity contribution in [2.24, 2.45) is 0 Å². The molecule has 2 heterocycles. The number of halogens is 1. The van der Waals surface area contributed by atoms with Gasteiger partial charge in [-0.2, -0.15) is 0 Å². The van der Waals surface area contributed by atoms with E-state index >= 15 is 0 Å². The van der Waals surface area contributed by atoms with E-state index in [-0.39, 0.29) is 5.56 Å². The first kappa shape index (κ1) is 11.3. The molecule has 0 unspecified atom stereocenters. The van der Waals surface area contributed by atoms with Crippen molar-refractivity contribution in [1.82, 2.24) is 15.2 Å². The van der Waals surface area contributed by atoms with Gasteiger partial charge in [0.05, 0.1) is 5.69 Å². The normalized spacial score (nSPS) is 10.6. The summed E-state index contributed by atoms with van der Waals surface area (Å²) in [5, 5.41) is 9.77. The molecular formula is C10H10ClN3OS. The first-order chi connectivity index (χ1) is 7.79. The molecule has 0 amide bonds. The van der Waals surface area contributed by atoms with Crippen LogP contribution in [0.15, 0.2) is 23.0 Å². The fourth-order valence-corrected chi connectivity index (χ4v) is 2.25. The molecule has 4 nitrogen and oxygen atoms in total. The SMILES string of the molecule is O=c1cccc(-c2nnc(CCCCl)s2)[nH]1. The summed E-state index contributed by atoms with van der Waals surface area (Å²) in [4.78, 5) is 13.8. The maximum Gasteiger partial charge on any atom is 0.248 e. The minimum atomic E-state index is -0.130. The second kappa shape index (κ2) is 5.23. The summed E-state index contributed by atoms with van der Waals surface area (Å²) >= 11 is 7.09. The summed E-state index contributed by atoms with van der Waals surface area (Å²) in [6.07, 6.45) is 1.72. The summed E-state index contributed by atoms with van der Waals surface area (Å²) in [6.45, 7) is 0. The average Bonchev–Trinajstić information content (AvgIpc) is 2.75. The van der Waals surface area contributed by atoms with Crippen LogP contribution in [0.1, 0.15) is 11.4 Å². The zero-order valence-corrected chi connectivity index (χ0v) is 10.0. The largest absolute Gasteiger partial charge is 0.320 e. The van der Waals surface area contributed by atoms with Crippen molar-refractivity contribution in [2.75, 3.05) is 5.88 Å². The number of hydrogen-bond acceptors (Lipinski definition) is 4. The molecule has 0 aliphatic heterocycles. The molecule has 0 saturated heterocycles. The van der Waals surface area contributed by atoms with E-state index in [2.05, 4.69) is 15.2 Å². The van der Waals surface area contributed by atoms with Gasteiger partial charge >= 0.3 is 0 Å². The van der Waals surface area contributed by atoms with Crippen LogP contribution in [-0.2, 0) is 6.42 Å². The van der Waals surface area contributed by atoms with Crippen LogP contribution >= 0.6 is 22.9 Å². The molecule has 16 heavy (non-hydrogen) atoms. The second-order valence-corrected chi connectivity index (χ2v) is 4.66. The fraction of sp³-hybridized carbons (Fsp3) is 0.300. The first-order valence-electron chi connectivity index (χ1n) is 4.87. The smallest absolute Gasteiger partial charge is 0.248 e. The summed E-state index contributed by atoms with van der Waals surface area (Å²) in [5.41, 5.74) is 0.581. The Morgan fingerprint density at radius 2 is 2.25 bits per heavy atom. The molecule has 2 aromatic heterocycles. The lowest BCUT2D eigenvalue weighted by Gasteiger charge is -1.92. The van der Waals surface area contributed by atoms with Gasteiger partial charge in [0.2, 0.25) is 5.56 Å². The molecule has 2 rings (SSSR count). The van der Waals surface area contributed by atoms with Gasteiger partial charge in [-0.1, -0.05) is 17.4 Å². The Hall–Kier alpha value is -1.20. The van der Waals surface area contributed by atoms with Gasteiger partial charge in [-0.3, -0.25) is 4.79 Å². The van der Waals surface area contributed by atoms with Crippen molar-refractivity contribution >= 4 is 22.9 Å². The van der Waals surface area contributed by atoms with Gasteiger partial charge in [0.1, 0.15) is 5.01 Å². The molecule has 6 heteroatoms. The van der Waals surface area contributed by atoms with Gasteiger partial charge < -0.3 is 4.98 Å². The van der Waals surface area contributed by atoms with Gasteiger partial charge in [0.15, 0.2) is 5.01 Å². The number of aromatic amines is 1. The third-order valence-electron chi connectivity index (χ3n) is 1.99. The molecule has 0 aliphatic rings. The van der Waals surface area contributed by atoms with Gasteiger partial charge in [-0.15, -0.1) is 21.8 Å². The van der Waals surface area contributed by atoms with Gasteiger partial charge in [0, 0.05) is 18.4 Å². The Bertz CT molecular complexity index is 523. The standard InChI is InChI=1S/C10H10ClN3OS/c11-6-2-5-9-13-14-10(16-9)7-3-1-4-8(15)12-7/h1,3-4H,2,5-6H2,(H,12,15). The molecule has 1 N–H and O–H groups in total. The third kappa shape index (κ3) is 2.68. The van der Waals surface area contributed by atoms with E-state index < -0.39 is 0 Å². The van der Waals surface area contributed by atoms with Crippen LogP contribution in [0.2, 0.25) is 0 Å². The van der Waals surface area contributed by atoms with E-state index in [1.165, 1.54) is 17.4 Å². The number of H-pyrrole nitrogens is 1. The van der Waals surface area contributed by atoms with Gasteiger partial charge in [0.25, 0.3) is 0 Å². The highest BCUT2D eigenvalue weighted by molar-refractivity contribution is 7.14. The number of pyridine rings is 1. The average molecular weight is 256 g/mol. The Labute approximate surface area is 101 Å². The first-order valence-corrected chi connectivity index (χ1v) is 6.23. The van der Waals surface area contributed by atoms with E-state index in [0.29, 0.717) is 11.6 Å². The Kier molecular flexibility index (Phi) is 3.69. The third-order valence-corrected chi connectivity index (χ3v) is 3.27. The summed E-state index contributed by atoms with van der Waals surface area (Å²) in [6, 6.07) is 4.99. The van der Waals surface area contributed by atoms with E-state index in [0.717, 1.165) is 22.9 Å². The van der Waals surface area contributed by atoms with Crippen LogP contribution in [0, 0.1) is 0 Å². The van der Waals surface area contributed by atoms with E-state index in [1.54, 1.807) is 6.07 Å². The van der Waals surface area contributed by atoms with Crippen LogP contribution < -0.4 is 5.56 Å². The molecule has 0 radical (unpaired) electrons. The van der Waals surface area contributed by atoms with E-state index in [9.17, 15) is 4.79 Å². The Morgan fingerprint density at radius 1 is 1.38 bits per heavy atom. The highest BCUT2D eigenvalue weighted by Crippen LogP contribution is 2.21. The van der Waals surface area contributed by atoms with Crippen molar-refractivity contribution in [3.63, 3.8) is 0 Å². The molecule has 0 atom stereocenters. The highest BCUT2D eigenvalue weighted by atomic mass is 35.5. The maximum absolute atomic E-state index is 11.1. The van der Waals surface area contributed by atoms with Crippen LogP contribution in [0.4, 0.5) is 0 Å². The number of rotatable bonds is 4. The van der Waals surface area contributed by atoms with Crippen molar-refractivity contribution in [2.45, 2.75) is 12.8 Å². The molecule has 0 aliphatic carbocycles. The lowest BCUT2D eigenvalue weighted by atomic mass is 10.4. The van der Waals surface area contributed by atoms with Crippen LogP contribution in [-0.4, -0.2) is 21.1 Å². The Balaban J connectivity index is 2.21. The lowest BCUT2D eigenvalue weighted by molar-refractivity contribution is 0.883. The predicted octanol–water partition coefficient (Wildman–Crippen LogP) is 2.06. The zero-order chi connectivity index (χ0) is 11.4. The van der Waals surface area contributed by atoms with Gasteiger partial charge in [-0.05, 0) is 12.5 Å². The van der Waals surface area contributed by atoms with Crippen LogP contribution in [0.25, 0.3) is 10.7 Å². The van der Waals surface area contributed by atoms with E-state index in [4.69, 9.17) is 11.6 Å². The van der Waals surface area contributed by atoms with Crippen LogP contribution in [0.5, 0.6) is 0 Å². The molecule has 0 spiro atoms. The summed E-state index contributed by atoms with van der Waals surface area (Å²) in [7, 11) is 0. The molecule has 0 fully saturated rings. The fourth-order valence-electron chi connectivity index (χ4n) is 1.25. The monoisotopic (exact) mass is 255 g/mol. The number of aromatic nitrogens is 3. The number of alkyl halides is 1. The molecule has 84 valence electrons. The van der Waals surface area contributed by atoms with Crippen LogP contribution in [0.3, 0.4) is 0 Å². The van der Waals surface area contributed by atoms with Crippen molar-refractivity contribution in [3.05, 3.63) is 33.6 Å². The van der Waals surface area contributed by atoms with Gasteiger partial charge in [-0.25, -0.2) is 0 Å². The topological polar surface area (TPSA) is 58.6 Å². The minimum absolute atomic E-state index is 0.130. The molecule has 2 aromatic rings. The predicted molar refractivity (Wildman–Crippen MR) is 65.0 cm³/mol. The number of nitrogens with one attached hydrogen (secondary N) is 1. The Morgan fingerprint density at radius 3 is 3.00 bits per heavy atom. The molecule has 0 saturated carbocycles. The quantitative estimate of drug-likeness (QED) is 0.851. The lowest BCUT2D eigenvalue weighted by Crippen LogP contribution is -2.03. The highest BCUT2D eigenvalue weighted by Gasteiger charge is 2.06. The van der Waals surface area contributed by atoms with E-state index in [1.807, 2.05) is 6.07 Å².